The molecule has 29 heavy (non-hydrogen) atoms. The van der Waals surface area contributed by atoms with Crippen LogP contribution in [0.1, 0.15) is 0 Å². The number of aromatic nitrogens is 6. The largest absolute Gasteiger partial charge is 0.366 e. The fraction of sp³-hybridized carbons (Fsp3) is 0.100. The maximum absolute atomic E-state index is 14.0. The third-order valence-electron chi connectivity index (χ3n) is 4.95. The molecule has 0 fully saturated rings. The number of nitrogen functional groups attached to an aromatic ring is 1. The fourth-order valence-electron chi connectivity index (χ4n) is 3.69. The Kier molecular flexibility index (Phi) is 3.88. The Bertz CT molecular complexity index is 1420. The molecule has 1 aromatic carbocycles. The Labute approximate surface area is 173 Å². The van der Waals surface area contributed by atoms with E-state index in [2.05, 4.69) is 36.1 Å². The average Bonchev–Trinajstić information content (AvgIpc) is 3.18. The van der Waals surface area contributed by atoms with Crippen LogP contribution in [0, 0.1) is 5.82 Å². The number of benzene rings is 1. The number of aryl methyl sites for hydroxylation is 2. The van der Waals surface area contributed by atoms with Crippen molar-refractivity contribution in [3.8, 4) is 22.5 Å². The molecule has 0 aliphatic rings. The van der Waals surface area contributed by atoms with E-state index in [-0.39, 0.29) is 11.8 Å². The van der Waals surface area contributed by atoms with E-state index in [1.807, 2.05) is 41.7 Å². The number of nitrogens with zero attached hydrogens (tertiary/aromatic N) is 6. The summed E-state index contributed by atoms with van der Waals surface area (Å²) in [7, 11) is 3.82. The molecule has 4 aromatic heterocycles. The first-order valence-electron chi connectivity index (χ1n) is 8.78. The summed E-state index contributed by atoms with van der Waals surface area (Å²) in [5.74, 6) is -0.253. The normalized spacial score (nSPS) is 11.6. The number of anilines is 1. The second-order valence-electron chi connectivity index (χ2n) is 6.86. The molecular formula is C20H15BrFN7. The molecule has 0 saturated heterocycles. The van der Waals surface area contributed by atoms with Crippen LogP contribution in [0.15, 0.2) is 47.3 Å². The maximum Gasteiger partial charge on any atom is 0.240 e. The highest BCUT2D eigenvalue weighted by Crippen LogP contribution is 2.38. The summed E-state index contributed by atoms with van der Waals surface area (Å²) >= 11 is 3.48. The summed E-state index contributed by atoms with van der Waals surface area (Å²) in [5.41, 5.74) is 10.2. The van der Waals surface area contributed by atoms with Gasteiger partial charge in [0, 0.05) is 64.6 Å². The van der Waals surface area contributed by atoms with Gasteiger partial charge in [0.2, 0.25) is 5.95 Å². The van der Waals surface area contributed by atoms with Crippen LogP contribution in [0.3, 0.4) is 0 Å². The molecule has 0 unspecified atom stereocenters. The molecule has 0 spiro atoms. The molecule has 2 N–H and O–H groups in total. The lowest BCUT2D eigenvalue weighted by molar-refractivity contribution is 0.629. The summed E-state index contributed by atoms with van der Waals surface area (Å²) < 4.78 is 18.7. The Morgan fingerprint density at radius 1 is 0.966 bits per heavy atom. The molecular weight excluding hydrogens is 437 g/mol. The van der Waals surface area contributed by atoms with Crippen molar-refractivity contribution in [3.05, 3.63) is 53.1 Å². The SMILES string of the molecule is Cn1cc(-c2nnc(N)nc2-c2cn(C)c3ncc(Br)cc23)c2cc(F)ccc21. The van der Waals surface area contributed by atoms with Gasteiger partial charge in [-0.15, -0.1) is 10.2 Å². The van der Waals surface area contributed by atoms with Gasteiger partial charge in [-0.05, 0) is 40.2 Å². The standard InChI is InChI=1S/C20H15BrFN7/c1-28-8-14(12-6-11(22)3-4-16(12)28)18-17(25-20(23)27-26-18)15-9-29(2)19-13(15)5-10(21)7-24-19/h3-9H,1-2H3,(H2,23,25,27). The summed E-state index contributed by atoms with van der Waals surface area (Å²) in [6.07, 6.45) is 5.57. The Hall–Kier alpha value is -3.33. The molecule has 0 saturated carbocycles. The molecule has 144 valence electrons. The van der Waals surface area contributed by atoms with E-state index in [1.165, 1.54) is 12.1 Å². The first-order valence-corrected chi connectivity index (χ1v) is 9.58. The van der Waals surface area contributed by atoms with Gasteiger partial charge in [0.15, 0.2) is 0 Å². The van der Waals surface area contributed by atoms with Crippen LogP contribution in [0.2, 0.25) is 0 Å². The number of hydrogen-bond acceptors (Lipinski definition) is 5. The van der Waals surface area contributed by atoms with Crippen LogP contribution in [-0.2, 0) is 14.1 Å². The van der Waals surface area contributed by atoms with E-state index in [9.17, 15) is 4.39 Å². The molecule has 0 radical (unpaired) electrons. The zero-order chi connectivity index (χ0) is 20.3. The minimum absolute atomic E-state index is 0.0649. The van der Waals surface area contributed by atoms with Crippen molar-refractivity contribution >= 4 is 43.8 Å². The molecule has 7 nitrogen and oxygen atoms in total. The third-order valence-corrected chi connectivity index (χ3v) is 5.38. The summed E-state index contributed by atoms with van der Waals surface area (Å²) in [6.45, 7) is 0. The van der Waals surface area contributed by atoms with E-state index in [0.29, 0.717) is 11.4 Å². The van der Waals surface area contributed by atoms with Crippen LogP contribution in [0.25, 0.3) is 44.5 Å². The predicted molar refractivity (Wildman–Crippen MR) is 114 cm³/mol. The highest BCUT2D eigenvalue weighted by atomic mass is 79.9. The topological polar surface area (TPSA) is 87.4 Å². The van der Waals surface area contributed by atoms with E-state index < -0.39 is 0 Å². The summed E-state index contributed by atoms with van der Waals surface area (Å²) in [5, 5.41) is 9.94. The number of fused-ring (bicyclic) bond motifs is 2. The van der Waals surface area contributed by atoms with Gasteiger partial charge in [-0.25, -0.2) is 14.4 Å². The zero-order valence-corrected chi connectivity index (χ0v) is 17.1. The molecule has 4 heterocycles. The van der Waals surface area contributed by atoms with Crippen LogP contribution in [-0.4, -0.2) is 29.3 Å². The average molecular weight is 452 g/mol. The fourth-order valence-corrected chi connectivity index (χ4v) is 4.02. The maximum atomic E-state index is 14.0. The third kappa shape index (κ3) is 2.77. The van der Waals surface area contributed by atoms with E-state index in [1.54, 1.807) is 12.3 Å². The van der Waals surface area contributed by atoms with Crippen molar-refractivity contribution in [1.29, 1.82) is 0 Å². The number of halogens is 2. The Balaban J connectivity index is 1.86. The minimum Gasteiger partial charge on any atom is -0.366 e. The Morgan fingerprint density at radius 3 is 2.55 bits per heavy atom. The highest BCUT2D eigenvalue weighted by Gasteiger charge is 2.21. The van der Waals surface area contributed by atoms with Gasteiger partial charge in [-0.3, -0.25) is 0 Å². The molecule has 0 aliphatic carbocycles. The number of hydrogen-bond donors (Lipinski definition) is 1. The first-order chi connectivity index (χ1) is 13.9. The van der Waals surface area contributed by atoms with Gasteiger partial charge in [0.1, 0.15) is 22.9 Å². The zero-order valence-electron chi connectivity index (χ0n) is 15.6. The Morgan fingerprint density at radius 2 is 1.72 bits per heavy atom. The van der Waals surface area contributed by atoms with Crippen molar-refractivity contribution in [1.82, 2.24) is 29.3 Å². The summed E-state index contributed by atoms with van der Waals surface area (Å²) in [4.78, 5) is 8.98. The molecule has 5 aromatic rings. The molecule has 0 atom stereocenters. The van der Waals surface area contributed by atoms with Crippen molar-refractivity contribution in [3.63, 3.8) is 0 Å². The van der Waals surface area contributed by atoms with Gasteiger partial charge >= 0.3 is 0 Å². The van der Waals surface area contributed by atoms with Crippen LogP contribution in [0.5, 0.6) is 0 Å². The second-order valence-corrected chi connectivity index (χ2v) is 7.78. The van der Waals surface area contributed by atoms with Crippen molar-refractivity contribution in [2.45, 2.75) is 0 Å². The first kappa shape index (κ1) is 17.7. The quantitative estimate of drug-likeness (QED) is 0.437. The molecule has 0 amide bonds. The van der Waals surface area contributed by atoms with E-state index in [4.69, 9.17) is 5.73 Å². The number of pyridine rings is 1. The van der Waals surface area contributed by atoms with Gasteiger partial charge < -0.3 is 14.9 Å². The lowest BCUT2D eigenvalue weighted by Gasteiger charge is -2.07. The van der Waals surface area contributed by atoms with Gasteiger partial charge in [0.05, 0.1) is 0 Å². The van der Waals surface area contributed by atoms with Crippen molar-refractivity contribution < 1.29 is 4.39 Å². The second kappa shape index (κ2) is 6.35. The molecule has 0 bridgehead atoms. The lowest BCUT2D eigenvalue weighted by atomic mass is 10.0. The molecule has 0 aliphatic heterocycles. The van der Waals surface area contributed by atoms with E-state index >= 15 is 0 Å². The summed E-state index contributed by atoms with van der Waals surface area (Å²) in [6, 6.07) is 6.65. The number of rotatable bonds is 2. The van der Waals surface area contributed by atoms with Gasteiger partial charge in [-0.1, -0.05) is 0 Å². The van der Waals surface area contributed by atoms with Gasteiger partial charge in [-0.2, -0.15) is 0 Å². The smallest absolute Gasteiger partial charge is 0.240 e. The highest BCUT2D eigenvalue weighted by molar-refractivity contribution is 9.10. The van der Waals surface area contributed by atoms with Crippen LogP contribution < -0.4 is 5.73 Å². The van der Waals surface area contributed by atoms with Crippen molar-refractivity contribution in [2.75, 3.05) is 5.73 Å². The van der Waals surface area contributed by atoms with Crippen LogP contribution in [0.4, 0.5) is 10.3 Å². The monoisotopic (exact) mass is 451 g/mol. The van der Waals surface area contributed by atoms with Crippen LogP contribution >= 0.6 is 15.9 Å². The predicted octanol–water partition coefficient (Wildman–Crippen LogP) is 4.07. The molecule has 9 heteroatoms. The number of nitrogens with two attached hydrogens (primary N) is 1. The molecule has 5 rings (SSSR count). The van der Waals surface area contributed by atoms with E-state index in [0.717, 1.165) is 37.5 Å². The van der Waals surface area contributed by atoms with Crippen molar-refractivity contribution in [2.24, 2.45) is 14.1 Å². The lowest BCUT2D eigenvalue weighted by Crippen LogP contribution is -2.02. The van der Waals surface area contributed by atoms with Gasteiger partial charge in [0.25, 0.3) is 0 Å². The minimum atomic E-state index is -0.318.